The Balaban J connectivity index is 2.70. The maximum absolute atomic E-state index is 11.8. The predicted molar refractivity (Wildman–Crippen MR) is 67.9 cm³/mol. The van der Waals surface area contributed by atoms with Gasteiger partial charge in [0.05, 0.1) is 17.2 Å². The van der Waals surface area contributed by atoms with Crippen molar-refractivity contribution in [2.75, 3.05) is 0 Å². The molecule has 1 unspecified atom stereocenters. The minimum atomic E-state index is -3.56. The molecule has 0 spiro atoms. The Morgan fingerprint density at radius 3 is 2.76 bits per heavy atom. The first kappa shape index (κ1) is 14.1. The van der Waals surface area contributed by atoms with Crippen LogP contribution in [0.25, 0.3) is 0 Å². The van der Waals surface area contributed by atoms with E-state index in [-0.39, 0.29) is 11.5 Å². The summed E-state index contributed by atoms with van der Waals surface area (Å²) in [4.78, 5) is -0.0312. The van der Waals surface area contributed by atoms with Crippen LogP contribution >= 0.6 is 12.2 Å². The molecule has 0 radical (unpaired) electrons. The van der Waals surface area contributed by atoms with Gasteiger partial charge in [-0.15, -0.1) is 0 Å². The highest BCUT2D eigenvalue weighted by Gasteiger charge is 2.26. The number of sulfonamides is 1. The molecule has 96 valence electrons. The largest absolute Gasteiger partial charge is 0.392 e. The molecule has 0 aliphatic rings. The first-order chi connectivity index (χ1) is 7.86. The molecule has 0 aliphatic heterocycles. The number of rotatable bonds is 6. The molecule has 6 nitrogen and oxygen atoms in total. The summed E-state index contributed by atoms with van der Waals surface area (Å²) in [6.07, 6.45) is 0.336. The van der Waals surface area contributed by atoms with Crippen LogP contribution in [-0.4, -0.2) is 23.8 Å². The lowest BCUT2D eigenvalue weighted by atomic mass is 10.3. The van der Waals surface area contributed by atoms with Gasteiger partial charge in [-0.2, -0.15) is 0 Å². The molecule has 1 heterocycles. The van der Waals surface area contributed by atoms with Crippen molar-refractivity contribution in [3.05, 3.63) is 17.5 Å². The normalized spacial score (nSPS) is 13.5. The topological polar surface area (TPSA) is 98.2 Å². The number of thiocarbonyl (C=S) groups is 1. The van der Waals surface area contributed by atoms with Crippen LogP contribution in [0.2, 0.25) is 0 Å². The van der Waals surface area contributed by atoms with E-state index in [1.807, 2.05) is 0 Å². The summed E-state index contributed by atoms with van der Waals surface area (Å²) in [5.74, 6) is 0.626. The van der Waals surface area contributed by atoms with Crippen LogP contribution in [0.4, 0.5) is 0 Å². The van der Waals surface area contributed by atoms with Gasteiger partial charge >= 0.3 is 0 Å². The van der Waals surface area contributed by atoms with Crippen molar-refractivity contribution >= 4 is 27.2 Å². The summed E-state index contributed by atoms with van der Waals surface area (Å²) in [7, 11) is -3.56. The molecular weight excluding hydrogens is 262 g/mol. The number of nitrogens with zero attached hydrogens (tertiary/aromatic N) is 1. The standard InChI is InChI=1S/C9H15N3O3S2/c1-3-8(9(10)16)17(13,14)11-5-7-4-6(2)15-12-7/h4,8,11H,3,5H2,1-2H3,(H2,10,16). The Morgan fingerprint density at radius 1 is 1.71 bits per heavy atom. The molecule has 0 amide bonds. The van der Waals surface area contributed by atoms with Crippen molar-refractivity contribution in [1.29, 1.82) is 0 Å². The Hall–Kier alpha value is -0.990. The fraction of sp³-hybridized carbons (Fsp3) is 0.556. The quantitative estimate of drug-likeness (QED) is 0.733. The molecule has 1 atom stereocenters. The highest BCUT2D eigenvalue weighted by molar-refractivity contribution is 7.93. The average molecular weight is 277 g/mol. The molecule has 1 aromatic heterocycles. The molecule has 0 saturated heterocycles. The van der Waals surface area contributed by atoms with E-state index < -0.39 is 15.3 Å². The molecule has 3 N–H and O–H groups in total. The molecule has 8 heteroatoms. The first-order valence-corrected chi connectivity index (χ1v) is 7.02. The van der Waals surface area contributed by atoms with Gasteiger partial charge < -0.3 is 10.3 Å². The monoisotopic (exact) mass is 277 g/mol. The summed E-state index contributed by atoms with van der Waals surface area (Å²) in [6.45, 7) is 3.51. The first-order valence-electron chi connectivity index (χ1n) is 5.06. The molecular formula is C9H15N3O3S2. The van der Waals surface area contributed by atoms with Crippen LogP contribution in [0.3, 0.4) is 0 Å². The molecule has 1 aromatic rings. The summed E-state index contributed by atoms with van der Waals surface area (Å²) in [5.41, 5.74) is 5.90. The third kappa shape index (κ3) is 3.76. The minimum absolute atomic E-state index is 0.0312. The summed E-state index contributed by atoms with van der Waals surface area (Å²) in [5, 5.41) is 2.83. The zero-order valence-electron chi connectivity index (χ0n) is 9.63. The van der Waals surface area contributed by atoms with Crippen molar-refractivity contribution < 1.29 is 12.9 Å². The fourth-order valence-corrected chi connectivity index (χ4v) is 3.19. The van der Waals surface area contributed by atoms with Crippen molar-refractivity contribution in [3.8, 4) is 0 Å². The van der Waals surface area contributed by atoms with Gasteiger partial charge in [0.2, 0.25) is 10.0 Å². The van der Waals surface area contributed by atoms with E-state index in [1.54, 1.807) is 19.9 Å². The van der Waals surface area contributed by atoms with Crippen molar-refractivity contribution in [2.24, 2.45) is 5.73 Å². The zero-order valence-corrected chi connectivity index (χ0v) is 11.3. The lowest BCUT2D eigenvalue weighted by Crippen LogP contribution is -2.41. The number of aromatic nitrogens is 1. The van der Waals surface area contributed by atoms with Crippen LogP contribution in [0.5, 0.6) is 0 Å². The van der Waals surface area contributed by atoms with Crippen LogP contribution in [0.1, 0.15) is 24.8 Å². The van der Waals surface area contributed by atoms with Gasteiger partial charge in [-0.3, -0.25) is 0 Å². The van der Waals surface area contributed by atoms with Crippen molar-refractivity contribution in [2.45, 2.75) is 32.1 Å². The zero-order chi connectivity index (χ0) is 13.1. The van der Waals surface area contributed by atoms with Gasteiger partial charge in [0.1, 0.15) is 11.0 Å². The number of hydrogen-bond acceptors (Lipinski definition) is 5. The highest BCUT2D eigenvalue weighted by Crippen LogP contribution is 2.07. The van der Waals surface area contributed by atoms with Crippen LogP contribution in [0, 0.1) is 6.92 Å². The lowest BCUT2D eigenvalue weighted by Gasteiger charge is -2.14. The van der Waals surface area contributed by atoms with E-state index in [1.165, 1.54) is 0 Å². The van der Waals surface area contributed by atoms with E-state index in [0.717, 1.165) is 0 Å². The smallest absolute Gasteiger partial charge is 0.221 e. The third-order valence-corrected chi connectivity index (χ3v) is 4.51. The lowest BCUT2D eigenvalue weighted by molar-refractivity contribution is 0.390. The Bertz CT molecular complexity index is 495. The predicted octanol–water partition coefficient (Wildman–Crippen LogP) is 0.467. The highest BCUT2D eigenvalue weighted by atomic mass is 32.2. The summed E-state index contributed by atoms with van der Waals surface area (Å²) in [6, 6.07) is 1.66. The third-order valence-electron chi connectivity index (χ3n) is 2.19. The van der Waals surface area contributed by atoms with E-state index >= 15 is 0 Å². The van der Waals surface area contributed by atoms with Gasteiger partial charge in [-0.1, -0.05) is 24.3 Å². The molecule has 0 fully saturated rings. The summed E-state index contributed by atoms with van der Waals surface area (Å²) >= 11 is 4.72. The van der Waals surface area contributed by atoms with Crippen LogP contribution < -0.4 is 10.5 Å². The van der Waals surface area contributed by atoms with E-state index in [4.69, 9.17) is 22.5 Å². The minimum Gasteiger partial charge on any atom is -0.392 e. The molecule has 0 bridgehead atoms. The summed E-state index contributed by atoms with van der Waals surface area (Å²) < 4.78 is 30.9. The molecule has 0 saturated carbocycles. The number of nitrogens with two attached hydrogens (primary N) is 1. The van der Waals surface area contributed by atoms with Gasteiger partial charge in [-0.25, -0.2) is 13.1 Å². The number of nitrogens with one attached hydrogen (secondary N) is 1. The van der Waals surface area contributed by atoms with E-state index in [9.17, 15) is 8.42 Å². The Morgan fingerprint density at radius 2 is 2.35 bits per heavy atom. The van der Waals surface area contributed by atoms with E-state index in [2.05, 4.69) is 9.88 Å². The Kier molecular flexibility index (Phi) is 4.61. The van der Waals surface area contributed by atoms with Crippen molar-refractivity contribution in [1.82, 2.24) is 9.88 Å². The molecule has 0 aliphatic carbocycles. The van der Waals surface area contributed by atoms with Crippen LogP contribution in [-0.2, 0) is 16.6 Å². The maximum atomic E-state index is 11.8. The van der Waals surface area contributed by atoms with Gasteiger partial charge in [0.25, 0.3) is 0 Å². The van der Waals surface area contributed by atoms with Gasteiger partial charge in [-0.05, 0) is 13.3 Å². The second-order valence-electron chi connectivity index (χ2n) is 3.59. The van der Waals surface area contributed by atoms with Crippen LogP contribution in [0.15, 0.2) is 10.6 Å². The number of aryl methyl sites for hydroxylation is 1. The van der Waals surface area contributed by atoms with E-state index in [0.29, 0.717) is 17.9 Å². The van der Waals surface area contributed by atoms with Crippen molar-refractivity contribution in [3.63, 3.8) is 0 Å². The van der Waals surface area contributed by atoms with Gasteiger partial charge in [0.15, 0.2) is 0 Å². The molecule has 0 aromatic carbocycles. The SMILES string of the molecule is CCC(C(N)=S)S(=O)(=O)NCc1cc(C)on1. The fourth-order valence-electron chi connectivity index (χ4n) is 1.35. The second-order valence-corrected chi connectivity index (χ2v) is 6.01. The molecule has 17 heavy (non-hydrogen) atoms. The second kappa shape index (κ2) is 5.56. The molecule has 1 rings (SSSR count). The number of hydrogen-bond donors (Lipinski definition) is 2. The Labute approximate surface area is 106 Å². The average Bonchev–Trinajstić information content (AvgIpc) is 2.61. The van der Waals surface area contributed by atoms with Gasteiger partial charge in [0, 0.05) is 6.07 Å². The maximum Gasteiger partial charge on any atom is 0.221 e.